The molecule has 0 aliphatic carbocycles. The minimum atomic E-state index is -0.415. The lowest BCUT2D eigenvalue weighted by atomic mass is 10.2. The van der Waals surface area contributed by atoms with Crippen molar-refractivity contribution in [3.8, 4) is 11.8 Å². The fourth-order valence-electron chi connectivity index (χ4n) is 1.16. The summed E-state index contributed by atoms with van der Waals surface area (Å²) < 4.78 is 10.7. The molecule has 0 aliphatic rings. The molecule has 16 heavy (non-hydrogen) atoms. The van der Waals surface area contributed by atoms with Crippen LogP contribution in [-0.4, -0.2) is 44.5 Å². The van der Waals surface area contributed by atoms with Crippen LogP contribution in [0.2, 0.25) is 0 Å². The first kappa shape index (κ1) is 15.2. The average molecular weight is 225 g/mol. The largest absolute Gasteiger partial charge is 0.342 e. The highest BCUT2D eigenvalue weighted by Crippen LogP contribution is 2.00. The molecule has 0 aromatic rings. The molecule has 1 unspecified atom stereocenters. The highest BCUT2D eigenvalue weighted by molar-refractivity contribution is 5.11. The molecule has 0 N–H and O–H groups in total. The summed E-state index contributed by atoms with van der Waals surface area (Å²) in [5.41, 5.74) is 0. The van der Waals surface area contributed by atoms with Gasteiger partial charge in [-0.05, 0) is 40.3 Å². The Hall–Kier alpha value is -0.820. The van der Waals surface area contributed by atoms with Crippen LogP contribution in [0.5, 0.6) is 0 Å². The van der Waals surface area contributed by atoms with Crippen LogP contribution in [0.4, 0.5) is 0 Å². The molecule has 0 aliphatic heterocycles. The van der Waals surface area contributed by atoms with Crippen LogP contribution in [0.15, 0.2) is 12.7 Å². The molecular weight excluding hydrogens is 202 g/mol. The number of hydrogen-bond donors (Lipinski definition) is 0. The van der Waals surface area contributed by atoms with Crippen LogP contribution in [-0.2, 0) is 9.47 Å². The van der Waals surface area contributed by atoms with Crippen molar-refractivity contribution in [3.05, 3.63) is 12.7 Å². The van der Waals surface area contributed by atoms with Crippen molar-refractivity contribution >= 4 is 0 Å². The van der Waals surface area contributed by atoms with Crippen molar-refractivity contribution in [3.63, 3.8) is 0 Å². The SMILES string of the molecule is C=CCC(C#CC(OCC)OCC)N(C)C. The van der Waals surface area contributed by atoms with Crippen LogP contribution in [0.1, 0.15) is 20.3 Å². The molecule has 0 bridgehead atoms. The van der Waals surface area contributed by atoms with E-state index in [4.69, 9.17) is 9.47 Å². The molecule has 0 heterocycles. The molecule has 3 nitrogen and oxygen atoms in total. The molecule has 0 saturated heterocycles. The van der Waals surface area contributed by atoms with Gasteiger partial charge in [-0.15, -0.1) is 6.58 Å². The van der Waals surface area contributed by atoms with Crippen molar-refractivity contribution in [1.29, 1.82) is 0 Å². The average Bonchev–Trinajstić information content (AvgIpc) is 2.24. The summed E-state index contributed by atoms with van der Waals surface area (Å²) in [6.07, 6.45) is 2.29. The van der Waals surface area contributed by atoms with Gasteiger partial charge in [-0.25, -0.2) is 0 Å². The maximum atomic E-state index is 5.35. The zero-order chi connectivity index (χ0) is 12.4. The van der Waals surface area contributed by atoms with E-state index in [0.717, 1.165) is 6.42 Å². The van der Waals surface area contributed by atoms with Crippen molar-refractivity contribution in [2.24, 2.45) is 0 Å². The van der Waals surface area contributed by atoms with Crippen molar-refractivity contribution < 1.29 is 9.47 Å². The first-order chi connectivity index (χ1) is 7.65. The Morgan fingerprint density at radius 3 is 2.12 bits per heavy atom. The number of rotatable bonds is 7. The molecule has 0 saturated carbocycles. The predicted octanol–water partition coefficient (Wildman–Crippen LogP) is 1.90. The molecule has 92 valence electrons. The normalized spacial score (nSPS) is 12.4. The summed E-state index contributed by atoms with van der Waals surface area (Å²) >= 11 is 0. The van der Waals surface area contributed by atoms with E-state index < -0.39 is 6.29 Å². The summed E-state index contributed by atoms with van der Waals surface area (Å²) in [5, 5.41) is 0. The van der Waals surface area contributed by atoms with Crippen LogP contribution in [0.25, 0.3) is 0 Å². The molecule has 0 radical (unpaired) electrons. The lowest BCUT2D eigenvalue weighted by Gasteiger charge is -2.17. The van der Waals surface area contributed by atoms with Crippen LogP contribution >= 0.6 is 0 Å². The monoisotopic (exact) mass is 225 g/mol. The highest BCUT2D eigenvalue weighted by atomic mass is 16.7. The highest BCUT2D eigenvalue weighted by Gasteiger charge is 2.07. The van der Waals surface area contributed by atoms with Gasteiger partial charge in [-0.3, -0.25) is 4.90 Å². The van der Waals surface area contributed by atoms with Gasteiger partial charge < -0.3 is 9.47 Å². The molecule has 0 aromatic heterocycles. The Morgan fingerprint density at radius 1 is 1.19 bits per heavy atom. The molecular formula is C13H23NO2. The third-order valence-corrected chi connectivity index (χ3v) is 2.02. The zero-order valence-corrected chi connectivity index (χ0v) is 10.8. The molecule has 0 aromatic carbocycles. The maximum absolute atomic E-state index is 5.35. The lowest BCUT2D eigenvalue weighted by Crippen LogP contribution is -2.26. The van der Waals surface area contributed by atoms with E-state index in [-0.39, 0.29) is 6.04 Å². The second kappa shape index (κ2) is 9.41. The second-order valence-electron chi connectivity index (χ2n) is 3.54. The molecule has 1 atom stereocenters. The Balaban J connectivity index is 4.40. The minimum Gasteiger partial charge on any atom is -0.342 e. The molecule has 0 spiro atoms. The van der Waals surface area contributed by atoms with Crippen molar-refractivity contribution in [1.82, 2.24) is 4.90 Å². The van der Waals surface area contributed by atoms with E-state index >= 15 is 0 Å². The number of nitrogens with zero attached hydrogens (tertiary/aromatic N) is 1. The van der Waals surface area contributed by atoms with Gasteiger partial charge in [0, 0.05) is 13.2 Å². The van der Waals surface area contributed by atoms with Gasteiger partial charge in [0.15, 0.2) is 0 Å². The van der Waals surface area contributed by atoms with Gasteiger partial charge in [0.25, 0.3) is 0 Å². The molecule has 3 heteroatoms. The Kier molecular flexibility index (Phi) is 8.93. The number of ether oxygens (including phenoxy) is 2. The van der Waals surface area contributed by atoms with Crippen molar-refractivity contribution in [2.45, 2.75) is 32.6 Å². The summed E-state index contributed by atoms with van der Waals surface area (Å²) in [4.78, 5) is 2.06. The zero-order valence-electron chi connectivity index (χ0n) is 10.8. The fourth-order valence-corrected chi connectivity index (χ4v) is 1.16. The Morgan fingerprint density at radius 2 is 1.75 bits per heavy atom. The number of hydrogen-bond acceptors (Lipinski definition) is 3. The standard InChI is InChI=1S/C13H23NO2/c1-6-9-12(14(4)5)10-11-13(15-7-2)16-8-3/h6,12-13H,1,7-9H2,2-5H3. The third-order valence-electron chi connectivity index (χ3n) is 2.02. The van der Waals surface area contributed by atoms with Gasteiger partial charge in [0.05, 0.1) is 6.04 Å². The fraction of sp³-hybridized carbons (Fsp3) is 0.692. The van der Waals surface area contributed by atoms with Crippen LogP contribution < -0.4 is 0 Å². The van der Waals surface area contributed by atoms with E-state index in [0.29, 0.717) is 13.2 Å². The Labute approximate surface area is 99.4 Å². The Bertz CT molecular complexity index is 234. The van der Waals surface area contributed by atoms with Gasteiger partial charge in [0.1, 0.15) is 0 Å². The van der Waals surface area contributed by atoms with Crippen molar-refractivity contribution in [2.75, 3.05) is 27.3 Å². The molecule has 0 amide bonds. The first-order valence-electron chi connectivity index (χ1n) is 5.67. The van der Waals surface area contributed by atoms with E-state index in [1.54, 1.807) is 0 Å². The second-order valence-corrected chi connectivity index (χ2v) is 3.54. The summed E-state index contributed by atoms with van der Waals surface area (Å²) in [7, 11) is 4.00. The molecule has 0 rings (SSSR count). The quantitative estimate of drug-likeness (QED) is 0.375. The van der Waals surface area contributed by atoms with E-state index in [1.807, 2.05) is 34.0 Å². The molecule has 0 fully saturated rings. The van der Waals surface area contributed by atoms with E-state index in [2.05, 4.69) is 23.3 Å². The minimum absolute atomic E-state index is 0.168. The van der Waals surface area contributed by atoms with Gasteiger partial charge >= 0.3 is 0 Å². The van der Waals surface area contributed by atoms with Crippen LogP contribution in [0, 0.1) is 11.8 Å². The van der Waals surface area contributed by atoms with Gasteiger partial charge in [-0.1, -0.05) is 12.0 Å². The van der Waals surface area contributed by atoms with Gasteiger partial charge in [-0.2, -0.15) is 0 Å². The first-order valence-corrected chi connectivity index (χ1v) is 5.67. The smallest absolute Gasteiger partial charge is 0.222 e. The summed E-state index contributed by atoms with van der Waals surface area (Å²) in [6.45, 7) is 8.80. The van der Waals surface area contributed by atoms with E-state index in [1.165, 1.54) is 0 Å². The maximum Gasteiger partial charge on any atom is 0.222 e. The van der Waals surface area contributed by atoms with Gasteiger partial charge in [0.2, 0.25) is 6.29 Å². The topological polar surface area (TPSA) is 21.7 Å². The summed E-state index contributed by atoms with van der Waals surface area (Å²) in [6, 6.07) is 0.168. The third kappa shape index (κ3) is 6.62. The lowest BCUT2D eigenvalue weighted by molar-refractivity contribution is -0.0971. The van der Waals surface area contributed by atoms with Crippen LogP contribution in [0.3, 0.4) is 0 Å². The van der Waals surface area contributed by atoms with E-state index in [9.17, 15) is 0 Å². The summed E-state index contributed by atoms with van der Waals surface area (Å²) in [5.74, 6) is 6.15. The predicted molar refractivity (Wildman–Crippen MR) is 67.1 cm³/mol.